The molecule has 0 fully saturated rings. The molecule has 6 heteroatoms. The molecule has 6 nitrogen and oxygen atoms in total. The van der Waals surface area contributed by atoms with Gasteiger partial charge in [0.25, 0.3) is 5.69 Å². The van der Waals surface area contributed by atoms with Crippen LogP contribution in [-0.2, 0) is 9.53 Å². The van der Waals surface area contributed by atoms with Gasteiger partial charge in [-0.05, 0) is 24.6 Å². The van der Waals surface area contributed by atoms with E-state index in [0.29, 0.717) is 5.56 Å². The van der Waals surface area contributed by atoms with E-state index in [1.165, 1.54) is 18.2 Å². The van der Waals surface area contributed by atoms with Gasteiger partial charge >= 0.3 is 5.97 Å². The molecule has 0 saturated carbocycles. The molecular weight excluding hydrogens is 274 g/mol. The standard InChI is InChI=1S/C15H17NO5/c1-5-10(13(17)6-2)11-7-9(3)8-12(15(18)21-4)14(11)16(19)20/h5,7-8,10H,1,6H2,2-4H3. The van der Waals surface area contributed by atoms with Crippen molar-refractivity contribution in [1.82, 2.24) is 0 Å². The molecule has 0 aromatic heterocycles. The molecule has 1 atom stereocenters. The van der Waals surface area contributed by atoms with Crippen LogP contribution < -0.4 is 0 Å². The zero-order chi connectivity index (χ0) is 16.2. The highest BCUT2D eigenvalue weighted by Gasteiger charge is 2.31. The van der Waals surface area contributed by atoms with Crippen molar-refractivity contribution >= 4 is 17.4 Å². The van der Waals surface area contributed by atoms with E-state index in [9.17, 15) is 19.7 Å². The predicted octanol–water partition coefficient (Wildman–Crippen LogP) is 2.94. The largest absolute Gasteiger partial charge is 0.465 e. The summed E-state index contributed by atoms with van der Waals surface area (Å²) in [5, 5.41) is 11.4. The Labute approximate surface area is 122 Å². The van der Waals surface area contributed by atoms with Crippen molar-refractivity contribution < 1.29 is 19.2 Å². The van der Waals surface area contributed by atoms with Gasteiger partial charge in [0.1, 0.15) is 11.3 Å². The lowest BCUT2D eigenvalue weighted by molar-refractivity contribution is -0.386. The summed E-state index contributed by atoms with van der Waals surface area (Å²) in [7, 11) is 1.15. The zero-order valence-electron chi connectivity index (χ0n) is 12.2. The minimum atomic E-state index is -0.821. The number of esters is 1. The molecule has 0 aliphatic rings. The maximum Gasteiger partial charge on any atom is 0.344 e. The van der Waals surface area contributed by atoms with Crippen molar-refractivity contribution in [3.63, 3.8) is 0 Å². The number of hydrogen-bond acceptors (Lipinski definition) is 5. The van der Waals surface area contributed by atoms with Crippen molar-refractivity contribution in [3.05, 3.63) is 51.6 Å². The molecule has 0 N–H and O–H groups in total. The molecule has 0 aliphatic carbocycles. The van der Waals surface area contributed by atoms with Gasteiger partial charge in [0.2, 0.25) is 0 Å². The first-order chi connectivity index (χ1) is 9.87. The van der Waals surface area contributed by atoms with E-state index < -0.39 is 22.5 Å². The highest BCUT2D eigenvalue weighted by atomic mass is 16.6. The molecule has 112 valence electrons. The first-order valence-electron chi connectivity index (χ1n) is 6.39. The van der Waals surface area contributed by atoms with E-state index in [1.54, 1.807) is 13.8 Å². The molecule has 0 spiro atoms. The number of carbonyl (C=O) groups excluding carboxylic acids is 2. The fourth-order valence-corrected chi connectivity index (χ4v) is 2.16. The molecule has 21 heavy (non-hydrogen) atoms. The summed E-state index contributed by atoms with van der Waals surface area (Å²) in [6.07, 6.45) is 1.57. The van der Waals surface area contributed by atoms with E-state index in [2.05, 4.69) is 11.3 Å². The molecule has 1 aromatic rings. The minimum Gasteiger partial charge on any atom is -0.465 e. The van der Waals surface area contributed by atoms with Crippen molar-refractivity contribution in [2.75, 3.05) is 7.11 Å². The Kier molecular flexibility index (Phi) is 5.35. The number of nitro benzene ring substituents is 1. The van der Waals surface area contributed by atoms with E-state index in [0.717, 1.165) is 7.11 Å². The second kappa shape index (κ2) is 6.78. The number of hydrogen-bond donors (Lipinski definition) is 0. The Hall–Kier alpha value is -2.50. The molecule has 0 radical (unpaired) electrons. The fourth-order valence-electron chi connectivity index (χ4n) is 2.16. The first-order valence-corrected chi connectivity index (χ1v) is 6.39. The lowest BCUT2D eigenvalue weighted by atomic mass is 9.89. The molecule has 0 saturated heterocycles. The Bertz CT molecular complexity index is 606. The molecule has 0 heterocycles. The average molecular weight is 291 g/mol. The Balaban J connectivity index is 3.67. The number of nitrogens with zero attached hydrogens (tertiary/aromatic N) is 1. The number of nitro groups is 1. The molecular formula is C15H17NO5. The van der Waals surface area contributed by atoms with Crippen LogP contribution in [0, 0.1) is 17.0 Å². The van der Waals surface area contributed by atoms with Crippen LogP contribution >= 0.6 is 0 Å². The third kappa shape index (κ3) is 3.34. The van der Waals surface area contributed by atoms with Crippen LogP contribution in [0.4, 0.5) is 5.69 Å². The van der Waals surface area contributed by atoms with E-state index in [1.807, 2.05) is 0 Å². The normalized spacial score (nSPS) is 11.6. The van der Waals surface area contributed by atoms with Gasteiger partial charge in [0, 0.05) is 12.0 Å². The topological polar surface area (TPSA) is 86.5 Å². The Morgan fingerprint density at radius 1 is 1.48 bits per heavy atom. The summed E-state index contributed by atoms with van der Waals surface area (Å²) >= 11 is 0. The first kappa shape index (κ1) is 16.6. The summed E-state index contributed by atoms with van der Waals surface area (Å²) in [6, 6.07) is 2.91. The quantitative estimate of drug-likeness (QED) is 0.348. The van der Waals surface area contributed by atoms with Crippen LogP contribution in [-0.4, -0.2) is 23.8 Å². The molecule has 0 bridgehead atoms. The number of rotatable bonds is 6. The van der Waals surface area contributed by atoms with Gasteiger partial charge in [0.15, 0.2) is 0 Å². The smallest absolute Gasteiger partial charge is 0.344 e. The number of ether oxygens (including phenoxy) is 1. The summed E-state index contributed by atoms with van der Waals surface area (Å²) < 4.78 is 4.58. The van der Waals surface area contributed by atoms with E-state index in [-0.39, 0.29) is 23.3 Å². The third-order valence-corrected chi connectivity index (χ3v) is 3.14. The fraction of sp³-hybridized carbons (Fsp3) is 0.333. The van der Waals surface area contributed by atoms with Gasteiger partial charge in [-0.1, -0.05) is 13.0 Å². The highest BCUT2D eigenvalue weighted by molar-refractivity contribution is 5.97. The maximum absolute atomic E-state index is 12.0. The number of aryl methyl sites for hydroxylation is 1. The number of benzene rings is 1. The van der Waals surface area contributed by atoms with Crippen molar-refractivity contribution in [2.24, 2.45) is 0 Å². The summed E-state index contributed by atoms with van der Waals surface area (Å²) in [4.78, 5) is 34.4. The van der Waals surface area contributed by atoms with Crippen LogP contribution in [0.1, 0.15) is 40.7 Å². The lowest BCUT2D eigenvalue weighted by Gasteiger charge is -2.14. The van der Waals surface area contributed by atoms with Gasteiger partial charge in [0.05, 0.1) is 18.0 Å². The van der Waals surface area contributed by atoms with E-state index >= 15 is 0 Å². The molecule has 0 aliphatic heterocycles. The molecule has 0 amide bonds. The maximum atomic E-state index is 12.0. The van der Waals surface area contributed by atoms with Gasteiger partial charge in [-0.2, -0.15) is 0 Å². The number of allylic oxidation sites excluding steroid dienone is 1. The third-order valence-electron chi connectivity index (χ3n) is 3.14. The molecule has 1 unspecified atom stereocenters. The average Bonchev–Trinajstić information content (AvgIpc) is 2.45. The van der Waals surface area contributed by atoms with Crippen molar-refractivity contribution in [2.45, 2.75) is 26.2 Å². The van der Waals surface area contributed by atoms with Gasteiger partial charge < -0.3 is 4.74 Å². The number of methoxy groups -OCH3 is 1. The lowest BCUT2D eigenvalue weighted by Crippen LogP contribution is -2.15. The number of Topliss-reactive ketones (excluding diaryl/α,β-unsaturated/α-hetero) is 1. The summed E-state index contributed by atoms with van der Waals surface area (Å²) in [5.41, 5.74) is 0.237. The van der Waals surface area contributed by atoms with Crippen molar-refractivity contribution in [1.29, 1.82) is 0 Å². The Morgan fingerprint density at radius 3 is 2.52 bits per heavy atom. The predicted molar refractivity (Wildman–Crippen MR) is 77.4 cm³/mol. The summed E-state index contributed by atoms with van der Waals surface area (Å²) in [5.74, 6) is -1.83. The van der Waals surface area contributed by atoms with Gasteiger partial charge in [-0.3, -0.25) is 14.9 Å². The second-order valence-electron chi connectivity index (χ2n) is 4.53. The number of ketones is 1. The van der Waals surface area contributed by atoms with Crippen LogP contribution in [0.25, 0.3) is 0 Å². The van der Waals surface area contributed by atoms with Gasteiger partial charge in [-0.15, -0.1) is 6.58 Å². The van der Waals surface area contributed by atoms with Crippen LogP contribution in [0.3, 0.4) is 0 Å². The summed E-state index contributed by atoms with van der Waals surface area (Å²) in [6.45, 7) is 6.93. The monoisotopic (exact) mass is 291 g/mol. The second-order valence-corrected chi connectivity index (χ2v) is 4.53. The zero-order valence-corrected chi connectivity index (χ0v) is 12.2. The van der Waals surface area contributed by atoms with Crippen LogP contribution in [0.5, 0.6) is 0 Å². The SMILES string of the molecule is C=CC(C(=O)CC)c1cc(C)cc(C(=O)OC)c1[N+](=O)[O-]. The van der Waals surface area contributed by atoms with E-state index in [4.69, 9.17) is 0 Å². The van der Waals surface area contributed by atoms with Crippen molar-refractivity contribution in [3.8, 4) is 0 Å². The highest BCUT2D eigenvalue weighted by Crippen LogP contribution is 2.33. The van der Waals surface area contributed by atoms with Crippen LogP contribution in [0.15, 0.2) is 24.8 Å². The molecule has 1 aromatic carbocycles. The van der Waals surface area contributed by atoms with Gasteiger partial charge in [-0.25, -0.2) is 4.79 Å². The minimum absolute atomic E-state index is 0.159. The Morgan fingerprint density at radius 2 is 2.10 bits per heavy atom. The molecule has 1 rings (SSSR count). The number of carbonyl (C=O) groups is 2. The van der Waals surface area contributed by atoms with Crippen LogP contribution in [0.2, 0.25) is 0 Å².